The summed E-state index contributed by atoms with van der Waals surface area (Å²) in [6.07, 6.45) is 2.56. The molecule has 3 aromatic rings. The maximum atomic E-state index is 12.6. The van der Waals surface area contributed by atoms with Gasteiger partial charge in [0.2, 0.25) is 0 Å². The molecule has 172 valence electrons. The van der Waals surface area contributed by atoms with E-state index in [0.717, 1.165) is 37.6 Å². The first-order valence-electron chi connectivity index (χ1n) is 11.4. The first-order valence-corrected chi connectivity index (χ1v) is 11.4. The molecule has 2 heterocycles. The molecule has 1 saturated heterocycles. The van der Waals surface area contributed by atoms with Crippen LogP contribution in [0.5, 0.6) is 11.5 Å². The maximum Gasteiger partial charge on any atom is 0.342 e. The van der Waals surface area contributed by atoms with Crippen molar-refractivity contribution in [2.24, 2.45) is 0 Å². The predicted octanol–water partition coefficient (Wildman–Crippen LogP) is 5.15. The van der Waals surface area contributed by atoms with Gasteiger partial charge in [0.25, 0.3) is 0 Å². The highest BCUT2D eigenvalue weighted by Gasteiger charge is 2.29. The molecule has 4 rings (SSSR count). The van der Waals surface area contributed by atoms with Crippen molar-refractivity contribution < 1.29 is 14.3 Å². The molecule has 0 N–H and O–H groups in total. The van der Waals surface area contributed by atoms with Gasteiger partial charge in [-0.1, -0.05) is 30.3 Å². The summed E-state index contributed by atoms with van der Waals surface area (Å²) in [5.41, 5.74) is 1.73. The number of hydrogen-bond donors (Lipinski definition) is 0. The fourth-order valence-corrected chi connectivity index (χ4v) is 4.15. The number of anilines is 1. The van der Waals surface area contributed by atoms with Crippen LogP contribution in [0.2, 0.25) is 0 Å². The van der Waals surface area contributed by atoms with Gasteiger partial charge in [0.05, 0.1) is 6.10 Å². The molecule has 0 bridgehead atoms. The van der Waals surface area contributed by atoms with E-state index in [2.05, 4.69) is 26.9 Å². The Balaban J connectivity index is 1.39. The third kappa shape index (κ3) is 5.90. The van der Waals surface area contributed by atoms with Gasteiger partial charge in [-0.25, -0.2) is 9.78 Å². The molecular formula is C27H31N3O3. The number of para-hydroxylation sites is 1. The average molecular weight is 446 g/mol. The third-order valence-corrected chi connectivity index (χ3v) is 5.76. The number of aromatic nitrogens is 1. The van der Waals surface area contributed by atoms with Crippen molar-refractivity contribution in [3.8, 4) is 11.5 Å². The summed E-state index contributed by atoms with van der Waals surface area (Å²) in [5, 5.41) is 0. The molecule has 1 aromatic heterocycles. The highest BCUT2D eigenvalue weighted by atomic mass is 16.5. The molecule has 2 aromatic carbocycles. The Morgan fingerprint density at radius 1 is 1.09 bits per heavy atom. The highest BCUT2D eigenvalue weighted by Crippen LogP contribution is 2.26. The Bertz CT molecular complexity index is 1070. The smallest absolute Gasteiger partial charge is 0.342 e. The van der Waals surface area contributed by atoms with Crippen LogP contribution in [0.25, 0.3) is 0 Å². The first-order chi connectivity index (χ1) is 16.0. The summed E-state index contributed by atoms with van der Waals surface area (Å²) in [6, 6.07) is 21.9. The Hall–Kier alpha value is -3.38. The number of esters is 1. The van der Waals surface area contributed by atoms with Gasteiger partial charge in [-0.15, -0.1) is 0 Å². The van der Waals surface area contributed by atoms with Gasteiger partial charge in [0.1, 0.15) is 22.9 Å². The highest BCUT2D eigenvalue weighted by molar-refractivity contribution is 5.94. The van der Waals surface area contributed by atoms with Crippen LogP contribution in [0.3, 0.4) is 0 Å². The summed E-state index contributed by atoms with van der Waals surface area (Å²) in [6.45, 7) is 6.44. The van der Waals surface area contributed by atoms with Crippen LogP contribution < -0.4 is 9.64 Å². The van der Waals surface area contributed by atoms with Crippen LogP contribution in [0, 0.1) is 0 Å². The number of benzene rings is 2. The van der Waals surface area contributed by atoms with Crippen LogP contribution in [0.4, 0.5) is 5.82 Å². The maximum absolute atomic E-state index is 12.6. The van der Waals surface area contributed by atoms with Crippen molar-refractivity contribution in [1.82, 2.24) is 9.88 Å². The van der Waals surface area contributed by atoms with E-state index in [0.29, 0.717) is 11.4 Å². The van der Waals surface area contributed by atoms with Gasteiger partial charge >= 0.3 is 5.97 Å². The Kier molecular flexibility index (Phi) is 7.25. The standard InChI is InChI=1S/C27H31N3O3/c1-20(2)32-27(31)25-13-8-15-28-26(25)29(3)22-14-16-30(19-22)18-21-9-7-12-24(17-21)33-23-10-5-4-6-11-23/h4-13,15,17,20,22H,14,16,18-19H2,1-3H3/t22-/m0/s1. The molecule has 0 saturated carbocycles. The summed E-state index contributed by atoms with van der Waals surface area (Å²) in [7, 11) is 2.01. The minimum atomic E-state index is -0.329. The Morgan fingerprint density at radius 2 is 1.88 bits per heavy atom. The van der Waals surface area contributed by atoms with Crippen LogP contribution in [0.1, 0.15) is 36.2 Å². The van der Waals surface area contributed by atoms with Crippen molar-refractivity contribution in [2.45, 2.75) is 39.0 Å². The zero-order valence-electron chi connectivity index (χ0n) is 19.5. The van der Waals surface area contributed by atoms with Gasteiger partial charge in [-0.3, -0.25) is 4.90 Å². The van der Waals surface area contributed by atoms with E-state index in [1.165, 1.54) is 5.56 Å². The van der Waals surface area contributed by atoms with Crippen LogP contribution in [-0.2, 0) is 11.3 Å². The number of likely N-dealkylation sites (N-methyl/N-ethyl adjacent to an activating group) is 1. The molecule has 1 aliphatic rings. The topological polar surface area (TPSA) is 54.9 Å². The Labute approximate surface area is 195 Å². The zero-order chi connectivity index (χ0) is 23.2. The summed E-state index contributed by atoms with van der Waals surface area (Å²) >= 11 is 0. The second-order valence-electron chi connectivity index (χ2n) is 8.68. The SMILES string of the molecule is CC(C)OC(=O)c1cccnc1N(C)[C@H]1CCN(Cc2cccc(Oc3ccccc3)c2)C1. The molecule has 0 spiro atoms. The summed E-state index contributed by atoms with van der Waals surface area (Å²) < 4.78 is 11.4. The Morgan fingerprint density at radius 3 is 2.67 bits per heavy atom. The molecule has 6 nitrogen and oxygen atoms in total. The number of ether oxygens (including phenoxy) is 2. The number of pyridine rings is 1. The molecule has 1 fully saturated rings. The summed E-state index contributed by atoms with van der Waals surface area (Å²) in [4.78, 5) is 21.6. The van der Waals surface area contributed by atoms with E-state index < -0.39 is 0 Å². The molecule has 0 amide bonds. The second kappa shape index (κ2) is 10.5. The van der Waals surface area contributed by atoms with Gasteiger partial charge in [-0.05, 0) is 62.2 Å². The van der Waals surface area contributed by atoms with Crippen LogP contribution in [0.15, 0.2) is 72.9 Å². The lowest BCUT2D eigenvalue weighted by atomic mass is 10.2. The summed E-state index contributed by atoms with van der Waals surface area (Å²) in [5.74, 6) is 2.02. The number of rotatable bonds is 8. The van der Waals surface area contributed by atoms with E-state index in [-0.39, 0.29) is 18.1 Å². The van der Waals surface area contributed by atoms with Crippen molar-refractivity contribution in [2.75, 3.05) is 25.0 Å². The third-order valence-electron chi connectivity index (χ3n) is 5.76. The van der Waals surface area contributed by atoms with Gasteiger partial charge in [0.15, 0.2) is 0 Å². The molecule has 1 atom stereocenters. The monoisotopic (exact) mass is 445 g/mol. The van der Waals surface area contributed by atoms with Crippen molar-refractivity contribution in [3.05, 3.63) is 84.1 Å². The molecule has 1 aliphatic heterocycles. The van der Waals surface area contributed by atoms with E-state index >= 15 is 0 Å². The van der Waals surface area contributed by atoms with Gasteiger partial charge in [0, 0.05) is 38.9 Å². The van der Waals surface area contributed by atoms with Gasteiger partial charge < -0.3 is 14.4 Å². The van der Waals surface area contributed by atoms with Crippen LogP contribution in [-0.4, -0.2) is 48.1 Å². The number of hydrogen-bond acceptors (Lipinski definition) is 6. The minimum absolute atomic E-state index is 0.167. The minimum Gasteiger partial charge on any atom is -0.459 e. The molecule has 6 heteroatoms. The number of carbonyl (C=O) groups is 1. The van der Waals surface area contributed by atoms with E-state index in [1.54, 1.807) is 18.3 Å². The average Bonchev–Trinajstić information content (AvgIpc) is 3.27. The fourth-order valence-electron chi connectivity index (χ4n) is 4.15. The normalized spacial score (nSPS) is 16.1. The van der Waals surface area contributed by atoms with Crippen LogP contribution >= 0.6 is 0 Å². The van der Waals surface area contributed by atoms with E-state index in [9.17, 15) is 4.79 Å². The van der Waals surface area contributed by atoms with Gasteiger partial charge in [-0.2, -0.15) is 0 Å². The zero-order valence-corrected chi connectivity index (χ0v) is 19.5. The molecule has 0 aliphatic carbocycles. The lowest BCUT2D eigenvalue weighted by molar-refractivity contribution is 0.0378. The lowest BCUT2D eigenvalue weighted by Crippen LogP contribution is -2.36. The van der Waals surface area contributed by atoms with Crippen molar-refractivity contribution in [1.29, 1.82) is 0 Å². The van der Waals surface area contributed by atoms with E-state index in [1.807, 2.05) is 63.4 Å². The van der Waals surface area contributed by atoms with E-state index in [4.69, 9.17) is 9.47 Å². The lowest BCUT2D eigenvalue weighted by Gasteiger charge is -2.27. The van der Waals surface area contributed by atoms with Crippen molar-refractivity contribution in [3.63, 3.8) is 0 Å². The second-order valence-corrected chi connectivity index (χ2v) is 8.68. The first kappa shape index (κ1) is 22.8. The molecular weight excluding hydrogens is 414 g/mol. The molecule has 33 heavy (non-hydrogen) atoms. The molecule has 0 radical (unpaired) electrons. The quantitative estimate of drug-likeness (QED) is 0.447. The number of likely N-dealkylation sites (tertiary alicyclic amines) is 1. The largest absolute Gasteiger partial charge is 0.459 e. The number of carbonyl (C=O) groups excluding carboxylic acids is 1. The van der Waals surface area contributed by atoms with Crippen molar-refractivity contribution >= 4 is 11.8 Å². The fraction of sp³-hybridized carbons (Fsp3) is 0.333. The number of nitrogens with zero attached hydrogens (tertiary/aromatic N) is 3. The predicted molar refractivity (Wildman–Crippen MR) is 130 cm³/mol. The molecule has 0 unspecified atom stereocenters.